The highest BCUT2D eigenvalue weighted by atomic mass is 35.5. The van der Waals surface area contributed by atoms with Crippen LogP contribution in [0.4, 0.5) is 4.79 Å². The largest absolute Gasteiger partial charge is 0.459 e. The highest BCUT2D eigenvalue weighted by Crippen LogP contribution is 2.24. The van der Waals surface area contributed by atoms with Gasteiger partial charge in [-0.15, -0.1) is 0 Å². The average Bonchev–Trinajstić information content (AvgIpc) is 2.99. The van der Waals surface area contributed by atoms with Crippen LogP contribution in [0, 0.1) is 0 Å². The Kier molecular flexibility index (Phi) is 4.76. The van der Waals surface area contributed by atoms with Gasteiger partial charge in [0.25, 0.3) is 0 Å². The molecule has 0 saturated heterocycles. The molecule has 2 atom stereocenters. The molecular weight excluding hydrogens is 324 g/mol. The van der Waals surface area contributed by atoms with Gasteiger partial charge in [-0.3, -0.25) is 0 Å². The van der Waals surface area contributed by atoms with Crippen molar-refractivity contribution in [1.29, 1.82) is 0 Å². The van der Waals surface area contributed by atoms with Gasteiger partial charge in [-0.2, -0.15) is 0 Å². The van der Waals surface area contributed by atoms with E-state index in [4.69, 9.17) is 16.0 Å². The number of para-hydroxylation sites is 1. The Balaban J connectivity index is 1.64. The molecule has 0 spiro atoms. The van der Waals surface area contributed by atoms with Crippen LogP contribution < -0.4 is 10.6 Å². The second-order valence-corrected chi connectivity index (χ2v) is 6.18. The standard InChI is InChI=1S/C19H19ClN2O2/c1-12(15-8-4-5-9-16(15)20)21-19(23)22-13(2)18-11-14-7-3-6-10-17(14)24-18/h3-13H,1-2H3,(H2,21,22,23). The summed E-state index contributed by atoms with van der Waals surface area (Å²) in [7, 11) is 0. The van der Waals surface area contributed by atoms with Gasteiger partial charge in [0.1, 0.15) is 11.3 Å². The number of benzene rings is 2. The van der Waals surface area contributed by atoms with E-state index in [1.165, 1.54) is 0 Å². The van der Waals surface area contributed by atoms with E-state index in [-0.39, 0.29) is 18.1 Å². The summed E-state index contributed by atoms with van der Waals surface area (Å²) in [6.07, 6.45) is 0. The lowest BCUT2D eigenvalue weighted by atomic mass is 10.1. The van der Waals surface area contributed by atoms with Crippen LogP contribution in [0.5, 0.6) is 0 Å². The molecule has 3 rings (SSSR count). The molecule has 1 heterocycles. The molecule has 124 valence electrons. The molecule has 24 heavy (non-hydrogen) atoms. The Labute approximate surface area is 145 Å². The molecule has 2 aromatic carbocycles. The molecule has 3 aromatic rings. The summed E-state index contributed by atoms with van der Waals surface area (Å²) in [5, 5.41) is 7.44. The quantitative estimate of drug-likeness (QED) is 0.684. The molecule has 1 aromatic heterocycles. The average molecular weight is 343 g/mol. The van der Waals surface area contributed by atoms with Crippen molar-refractivity contribution in [3.63, 3.8) is 0 Å². The number of nitrogens with one attached hydrogen (secondary N) is 2. The van der Waals surface area contributed by atoms with Gasteiger partial charge in [-0.1, -0.05) is 48.0 Å². The fourth-order valence-electron chi connectivity index (χ4n) is 2.63. The number of urea groups is 1. The van der Waals surface area contributed by atoms with Gasteiger partial charge in [-0.25, -0.2) is 4.79 Å². The van der Waals surface area contributed by atoms with Crippen LogP contribution in [0.2, 0.25) is 5.02 Å². The maximum atomic E-state index is 12.2. The smallest absolute Gasteiger partial charge is 0.315 e. The van der Waals surface area contributed by atoms with Crippen molar-refractivity contribution in [1.82, 2.24) is 10.6 Å². The molecule has 0 fully saturated rings. The summed E-state index contributed by atoms with van der Waals surface area (Å²) < 4.78 is 5.78. The summed E-state index contributed by atoms with van der Waals surface area (Å²) in [4.78, 5) is 12.2. The lowest BCUT2D eigenvalue weighted by molar-refractivity contribution is 0.233. The second-order valence-electron chi connectivity index (χ2n) is 5.77. The van der Waals surface area contributed by atoms with Crippen LogP contribution in [-0.4, -0.2) is 6.03 Å². The normalized spacial score (nSPS) is 13.5. The van der Waals surface area contributed by atoms with E-state index in [1.807, 2.05) is 68.4 Å². The van der Waals surface area contributed by atoms with Gasteiger partial charge in [0.2, 0.25) is 0 Å². The van der Waals surface area contributed by atoms with Crippen molar-refractivity contribution in [3.8, 4) is 0 Å². The minimum absolute atomic E-state index is 0.193. The number of hydrogen-bond acceptors (Lipinski definition) is 2. The minimum atomic E-state index is -0.268. The molecule has 0 radical (unpaired) electrons. The van der Waals surface area contributed by atoms with Crippen LogP contribution >= 0.6 is 11.6 Å². The van der Waals surface area contributed by atoms with Crippen molar-refractivity contribution < 1.29 is 9.21 Å². The number of amides is 2. The summed E-state index contributed by atoms with van der Waals surface area (Å²) in [5.41, 5.74) is 1.69. The molecule has 0 aliphatic carbocycles. The monoisotopic (exact) mass is 342 g/mol. The van der Waals surface area contributed by atoms with Crippen molar-refractivity contribution in [2.45, 2.75) is 25.9 Å². The fourth-order valence-corrected chi connectivity index (χ4v) is 2.93. The maximum Gasteiger partial charge on any atom is 0.315 e. The van der Waals surface area contributed by atoms with Crippen LogP contribution in [0.15, 0.2) is 59.0 Å². The molecule has 0 aliphatic rings. The minimum Gasteiger partial charge on any atom is -0.459 e. The van der Waals surface area contributed by atoms with Gasteiger partial charge < -0.3 is 15.1 Å². The van der Waals surface area contributed by atoms with Crippen LogP contribution in [0.3, 0.4) is 0 Å². The van der Waals surface area contributed by atoms with Gasteiger partial charge in [0.05, 0.1) is 12.1 Å². The third-order valence-electron chi connectivity index (χ3n) is 3.94. The third kappa shape index (κ3) is 3.54. The van der Waals surface area contributed by atoms with E-state index >= 15 is 0 Å². The summed E-state index contributed by atoms with van der Waals surface area (Å²) in [6, 6.07) is 16.5. The predicted molar refractivity (Wildman–Crippen MR) is 96.2 cm³/mol. The lowest BCUT2D eigenvalue weighted by Crippen LogP contribution is -2.38. The zero-order chi connectivity index (χ0) is 17.1. The van der Waals surface area contributed by atoms with Crippen molar-refractivity contribution >= 4 is 28.6 Å². The molecular formula is C19H19ClN2O2. The lowest BCUT2D eigenvalue weighted by Gasteiger charge is -2.18. The van der Waals surface area contributed by atoms with Crippen molar-refractivity contribution in [2.75, 3.05) is 0 Å². The Morgan fingerprint density at radius 3 is 2.42 bits per heavy atom. The van der Waals surface area contributed by atoms with Crippen LogP contribution in [-0.2, 0) is 0 Å². The van der Waals surface area contributed by atoms with E-state index < -0.39 is 0 Å². The van der Waals surface area contributed by atoms with Gasteiger partial charge >= 0.3 is 6.03 Å². The Hall–Kier alpha value is -2.46. The maximum absolute atomic E-state index is 12.2. The number of furan rings is 1. The summed E-state index contributed by atoms with van der Waals surface area (Å²) in [6.45, 7) is 3.78. The molecule has 0 aliphatic heterocycles. The molecule has 2 unspecified atom stereocenters. The second kappa shape index (κ2) is 6.97. The first kappa shape index (κ1) is 16.4. The fraction of sp³-hybridized carbons (Fsp3) is 0.211. The first-order valence-corrected chi connectivity index (χ1v) is 8.22. The number of carbonyl (C=O) groups is 1. The van der Waals surface area contributed by atoms with Gasteiger partial charge in [0.15, 0.2) is 0 Å². The van der Waals surface area contributed by atoms with E-state index in [0.717, 1.165) is 22.3 Å². The SMILES string of the molecule is CC(NC(=O)NC(C)c1ccccc1Cl)c1cc2ccccc2o1. The molecule has 5 heteroatoms. The first-order chi connectivity index (χ1) is 11.5. The highest BCUT2D eigenvalue weighted by molar-refractivity contribution is 6.31. The molecule has 0 bridgehead atoms. The third-order valence-corrected chi connectivity index (χ3v) is 4.28. The van der Waals surface area contributed by atoms with E-state index in [9.17, 15) is 4.79 Å². The number of rotatable bonds is 4. The van der Waals surface area contributed by atoms with Gasteiger partial charge in [-0.05, 0) is 37.6 Å². The van der Waals surface area contributed by atoms with Crippen LogP contribution in [0.1, 0.15) is 37.3 Å². The first-order valence-electron chi connectivity index (χ1n) is 7.84. The highest BCUT2D eigenvalue weighted by Gasteiger charge is 2.17. The molecule has 2 amide bonds. The zero-order valence-electron chi connectivity index (χ0n) is 13.5. The molecule has 0 saturated carbocycles. The predicted octanol–water partition coefficient (Wildman–Crippen LogP) is 5.21. The van der Waals surface area contributed by atoms with E-state index in [2.05, 4.69) is 10.6 Å². The van der Waals surface area contributed by atoms with E-state index in [0.29, 0.717) is 5.02 Å². The number of fused-ring (bicyclic) bond motifs is 1. The zero-order valence-corrected chi connectivity index (χ0v) is 14.3. The Morgan fingerprint density at radius 2 is 1.67 bits per heavy atom. The summed E-state index contributed by atoms with van der Waals surface area (Å²) in [5.74, 6) is 0.719. The number of halogens is 1. The number of carbonyl (C=O) groups excluding carboxylic acids is 1. The molecule has 2 N–H and O–H groups in total. The Morgan fingerprint density at radius 1 is 1.00 bits per heavy atom. The van der Waals surface area contributed by atoms with E-state index in [1.54, 1.807) is 0 Å². The Bertz CT molecular complexity index is 826. The van der Waals surface area contributed by atoms with Crippen molar-refractivity contribution in [2.24, 2.45) is 0 Å². The van der Waals surface area contributed by atoms with Gasteiger partial charge in [0, 0.05) is 10.4 Å². The van der Waals surface area contributed by atoms with Crippen LogP contribution in [0.25, 0.3) is 11.0 Å². The van der Waals surface area contributed by atoms with Crippen molar-refractivity contribution in [3.05, 3.63) is 70.9 Å². The molecule has 4 nitrogen and oxygen atoms in total. The summed E-state index contributed by atoms with van der Waals surface area (Å²) >= 11 is 6.16. The number of hydrogen-bond donors (Lipinski definition) is 2. The topological polar surface area (TPSA) is 54.3 Å².